The van der Waals surface area contributed by atoms with Crippen LogP contribution in [0.5, 0.6) is 0 Å². The van der Waals surface area contributed by atoms with E-state index >= 15 is 0 Å². The summed E-state index contributed by atoms with van der Waals surface area (Å²) < 4.78 is 34.2. The van der Waals surface area contributed by atoms with Crippen LogP contribution in [0.2, 0.25) is 5.02 Å². The standard InChI is InChI=1S/C26H33ClN4O5S/c1-18(25(32)31-9-2-3-22(31)17-29-11-13-36-14-12-29)30-10-8-24(26(30)33)28-37(34,35)23-7-5-19-15-21(27)6-4-20(19)16-23/h4-7,15-16,18,22,24,28H,2-3,8-14,17H2,1H3/t18-,22-,24-/m0/s1. The number of ether oxygens (including phenoxy) is 1. The zero-order chi connectivity index (χ0) is 26.2. The minimum Gasteiger partial charge on any atom is -0.379 e. The van der Waals surface area contributed by atoms with Crippen molar-refractivity contribution >= 4 is 44.2 Å². The maximum atomic E-state index is 13.4. The fraction of sp³-hybridized carbons (Fsp3) is 0.538. The maximum Gasteiger partial charge on any atom is 0.245 e. The predicted octanol–water partition coefficient (Wildman–Crippen LogP) is 2.08. The highest BCUT2D eigenvalue weighted by Crippen LogP contribution is 2.26. The van der Waals surface area contributed by atoms with Crippen molar-refractivity contribution in [3.8, 4) is 0 Å². The number of halogens is 1. The van der Waals surface area contributed by atoms with E-state index < -0.39 is 22.1 Å². The van der Waals surface area contributed by atoms with Crippen LogP contribution >= 0.6 is 11.6 Å². The van der Waals surface area contributed by atoms with Gasteiger partial charge in [0.2, 0.25) is 21.8 Å². The van der Waals surface area contributed by atoms with Gasteiger partial charge in [-0.3, -0.25) is 14.5 Å². The van der Waals surface area contributed by atoms with Crippen molar-refractivity contribution in [2.45, 2.75) is 49.2 Å². The number of rotatable bonds is 7. The third kappa shape index (κ3) is 5.63. The molecule has 11 heteroatoms. The Kier molecular flexibility index (Phi) is 7.74. The van der Waals surface area contributed by atoms with Crippen LogP contribution in [0.1, 0.15) is 26.2 Å². The number of nitrogens with one attached hydrogen (secondary N) is 1. The molecule has 0 aliphatic carbocycles. The van der Waals surface area contributed by atoms with E-state index in [-0.39, 0.29) is 22.8 Å². The second-order valence-electron chi connectivity index (χ2n) is 10.1. The predicted molar refractivity (Wildman–Crippen MR) is 141 cm³/mol. The molecule has 0 spiro atoms. The molecule has 5 rings (SSSR count). The highest BCUT2D eigenvalue weighted by Gasteiger charge is 2.42. The summed E-state index contributed by atoms with van der Waals surface area (Å²) in [6, 6.07) is 8.59. The first-order valence-corrected chi connectivity index (χ1v) is 14.7. The summed E-state index contributed by atoms with van der Waals surface area (Å²) >= 11 is 6.03. The van der Waals surface area contributed by atoms with Gasteiger partial charge in [-0.15, -0.1) is 0 Å². The molecule has 3 aliphatic heterocycles. The third-order valence-corrected chi connectivity index (χ3v) is 9.38. The normalized spacial score (nSPS) is 24.2. The Bertz CT molecular complexity index is 1280. The molecule has 3 saturated heterocycles. The lowest BCUT2D eigenvalue weighted by Crippen LogP contribution is -2.53. The number of fused-ring (bicyclic) bond motifs is 1. The topological polar surface area (TPSA) is 99.3 Å². The van der Waals surface area contributed by atoms with Crippen LogP contribution in [0.3, 0.4) is 0 Å². The van der Waals surface area contributed by atoms with Crippen molar-refractivity contribution in [2.24, 2.45) is 0 Å². The number of carbonyl (C=O) groups is 2. The van der Waals surface area contributed by atoms with Gasteiger partial charge < -0.3 is 14.5 Å². The third-order valence-electron chi connectivity index (χ3n) is 7.68. The first kappa shape index (κ1) is 26.4. The SMILES string of the molecule is C[C@@H](C(=O)N1CCC[C@H]1CN1CCOCC1)N1CC[C@H](NS(=O)(=O)c2ccc3cc(Cl)ccc3c2)C1=O. The van der Waals surface area contributed by atoms with Crippen LogP contribution in [-0.4, -0.2) is 99.0 Å². The number of sulfonamides is 1. The number of amides is 2. The van der Waals surface area contributed by atoms with Gasteiger partial charge in [0.1, 0.15) is 12.1 Å². The summed E-state index contributed by atoms with van der Waals surface area (Å²) in [5, 5.41) is 2.14. The van der Waals surface area contributed by atoms with E-state index in [0.29, 0.717) is 37.7 Å². The van der Waals surface area contributed by atoms with Gasteiger partial charge in [0.05, 0.1) is 18.1 Å². The number of carbonyl (C=O) groups excluding carboxylic acids is 2. The second kappa shape index (κ2) is 10.9. The molecule has 3 heterocycles. The number of benzene rings is 2. The number of likely N-dealkylation sites (tertiary alicyclic amines) is 2. The summed E-state index contributed by atoms with van der Waals surface area (Å²) in [4.78, 5) is 32.5. The Balaban J connectivity index is 1.23. The molecule has 0 radical (unpaired) electrons. The summed E-state index contributed by atoms with van der Waals surface area (Å²) in [5.74, 6) is -0.429. The van der Waals surface area contributed by atoms with Crippen LogP contribution in [0, 0.1) is 0 Å². The summed E-state index contributed by atoms with van der Waals surface area (Å²) in [6.45, 7) is 6.73. The molecule has 0 bridgehead atoms. The lowest BCUT2D eigenvalue weighted by molar-refractivity contribution is -0.144. The average Bonchev–Trinajstić information content (AvgIpc) is 3.49. The number of hydrogen-bond acceptors (Lipinski definition) is 6. The highest BCUT2D eigenvalue weighted by atomic mass is 35.5. The largest absolute Gasteiger partial charge is 0.379 e. The van der Waals surface area contributed by atoms with E-state index in [4.69, 9.17) is 16.3 Å². The first-order valence-electron chi connectivity index (χ1n) is 12.9. The van der Waals surface area contributed by atoms with Crippen molar-refractivity contribution < 1.29 is 22.7 Å². The van der Waals surface area contributed by atoms with E-state index in [1.807, 2.05) is 4.90 Å². The highest BCUT2D eigenvalue weighted by molar-refractivity contribution is 7.89. The molecule has 200 valence electrons. The van der Waals surface area contributed by atoms with Gasteiger partial charge in [-0.1, -0.05) is 23.7 Å². The maximum absolute atomic E-state index is 13.4. The lowest BCUT2D eigenvalue weighted by atomic mass is 10.1. The molecule has 3 fully saturated rings. The van der Waals surface area contributed by atoms with Crippen molar-refractivity contribution in [3.63, 3.8) is 0 Å². The molecular formula is C26H33ClN4O5S. The molecule has 0 saturated carbocycles. The van der Waals surface area contributed by atoms with Gasteiger partial charge in [-0.25, -0.2) is 8.42 Å². The second-order valence-corrected chi connectivity index (χ2v) is 12.2. The fourth-order valence-electron chi connectivity index (χ4n) is 5.58. The van der Waals surface area contributed by atoms with Crippen molar-refractivity contribution in [1.82, 2.24) is 19.4 Å². The minimum atomic E-state index is -3.93. The minimum absolute atomic E-state index is 0.0687. The van der Waals surface area contributed by atoms with Gasteiger partial charge in [0.25, 0.3) is 0 Å². The average molecular weight is 549 g/mol. The number of nitrogens with zero attached hydrogens (tertiary/aromatic N) is 3. The summed E-state index contributed by atoms with van der Waals surface area (Å²) in [6.07, 6.45) is 2.21. The Morgan fingerprint density at radius 1 is 1.08 bits per heavy atom. The number of hydrogen-bond donors (Lipinski definition) is 1. The van der Waals surface area contributed by atoms with E-state index in [2.05, 4.69) is 9.62 Å². The monoisotopic (exact) mass is 548 g/mol. The summed E-state index contributed by atoms with van der Waals surface area (Å²) in [5.41, 5.74) is 0. The van der Waals surface area contributed by atoms with Crippen LogP contribution in [0.4, 0.5) is 0 Å². The quantitative estimate of drug-likeness (QED) is 0.569. The van der Waals surface area contributed by atoms with Gasteiger partial charge >= 0.3 is 0 Å². The molecule has 0 unspecified atom stereocenters. The van der Waals surface area contributed by atoms with E-state index in [9.17, 15) is 18.0 Å². The molecule has 3 aliphatic rings. The molecule has 9 nitrogen and oxygen atoms in total. The molecule has 2 aromatic carbocycles. The van der Waals surface area contributed by atoms with Crippen molar-refractivity contribution in [1.29, 1.82) is 0 Å². The molecule has 2 amide bonds. The first-order chi connectivity index (χ1) is 17.7. The molecule has 37 heavy (non-hydrogen) atoms. The molecule has 1 N–H and O–H groups in total. The van der Waals surface area contributed by atoms with Crippen LogP contribution in [0.15, 0.2) is 41.3 Å². The van der Waals surface area contributed by atoms with Gasteiger partial charge in [-0.05, 0) is 61.2 Å². The van der Waals surface area contributed by atoms with E-state index in [1.165, 1.54) is 11.0 Å². The molecule has 2 aromatic rings. The van der Waals surface area contributed by atoms with Crippen LogP contribution in [0.25, 0.3) is 10.8 Å². The fourth-order valence-corrected chi connectivity index (χ4v) is 7.02. The zero-order valence-electron chi connectivity index (χ0n) is 20.9. The van der Waals surface area contributed by atoms with Gasteiger partial charge in [0, 0.05) is 43.8 Å². The Morgan fingerprint density at radius 2 is 1.81 bits per heavy atom. The van der Waals surface area contributed by atoms with Gasteiger partial charge in [-0.2, -0.15) is 4.72 Å². The van der Waals surface area contributed by atoms with Crippen LogP contribution in [-0.2, 0) is 24.3 Å². The van der Waals surface area contributed by atoms with Gasteiger partial charge in [0.15, 0.2) is 0 Å². The smallest absolute Gasteiger partial charge is 0.245 e. The Labute approximate surface area is 222 Å². The van der Waals surface area contributed by atoms with E-state index in [1.54, 1.807) is 37.3 Å². The number of morpholine rings is 1. The Hall–Kier alpha value is -2.24. The lowest BCUT2D eigenvalue weighted by Gasteiger charge is -2.35. The molecule has 0 aromatic heterocycles. The van der Waals surface area contributed by atoms with E-state index in [0.717, 1.165) is 43.2 Å². The zero-order valence-corrected chi connectivity index (χ0v) is 22.5. The summed E-state index contributed by atoms with van der Waals surface area (Å²) in [7, 11) is -3.93. The van der Waals surface area contributed by atoms with Crippen molar-refractivity contribution in [3.05, 3.63) is 41.4 Å². The Morgan fingerprint density at radius 3 is 2.59 bits per heavy atom. The molecular weight excluding hydrogens is 516 g/mol. The molecule has 3 atom stereocenters. The van der Waals surface area contributed by atoms with Crippen molar-refractivity contribution in [2.75, 3.05) is 45.9 Å². The van der Waals surface area contributed by atoms with Crippen LogP contribution < -0.4 is 4.72 Å².